The van der Waals surface area contributed by atoms with Gasteiger partial charge in [-0.15, -0.1) is 6.42 Å². The first-order valence-corrected chi connectivity index (χ1v) is 4.20. The van der Waals surface area contributed by atoms with Gasteiger partial charge in [-0.2, -0.15) is 0 Å². The van der Waals surface area contributed by atoms with Crippen molar-refractivity contribution in [3.05, 3.63) is 23.5 Å². The van der Waals surface area contributed by atoms with Gasteiger partial charge in [0.15, 0.2) is 5.69 Å². The summed E-state index contributed by atoms with van der Waals surface area (Å²) in [4.78, 5) is 25.1. The lowest BCUT2D eigenvalue weighted by Crippen LogP contribution is -2.29. The molecule has 6 nitrogen and oxygen atoms in total. The quantitative estimate of drug-likeness (QED) is 0.601. The van der Waals surface area contributed by atoms with Crippen molar-refractivity contribution in [3.63, 3.8) is 0 Å². The van der Waals surface area contributed by atoms with Crippen LogP contribution in [0.3, 0.4) is 0 Å². The lowest BCUT2D eigenvalue weighted by atomic mass is 10.2. The predicted molar refractivity (Wildman–Crippen MR) is 53.8 cm³/mol. The number of amides is 1. The number of carbonyl (C=O) groups excluding carboxylic acids is 1. The standard InChI is InChI=1S/C10H8N2O4/c1-2-6-3-7(13)9(11-4-6)10(16)12-5-8(14)15/h1,3-4,13H,5H2,(H,12,16)(H,14,15). The SMILES string of the molecule is C#Cc1cnc(C(=O)NCC(=O)O)c(O)c1. The lowest BCUT2D eigenvalue weighted by Gasteiger charge is -2.03. The highest BCUT2D eigenvalue weighted by molar-refractivity contribution is 5.96. The van der Waals surface area contributed by atoms with Gasteiger partial charge in [0.05, 0.1) is 0 Å². The number of carboxylic acids is 1. The molecule has 0 spiro atoms. The number of nitrogens with one attached hydrogen (secondary N) is 1. The predicted octanol–water partition coefficient (Wildman–Crippen LogP) is -0.417. The molecule has 1 heterocycles. The molecular formula is C10H8N2O4. The molecule has 1 aromatic heterocycles. The van der Waals surface area contributed by atoms with Crippen molar-refractivity contribution in [1.82, 2.24) is 10.3 Å². The summed E-state index contributed by atoms with van der Waals surface area (Å²) in [5.74, 6) is -0.116. The van der Waals surface area contributed by atoms with Crippen molar-refractivity contribution < 1.29 is 19.8 Å². The molecule has 0 aliphatic heterocycles. The first kappa shape index (κ1) is 11.5. The zero-order valence-corrected chi connectivity index (χ0v) is 8.10. The molecule has 1 aromatic rings. The van der Waals surface area contributed by atoms with Gasteiger partial charge >= 0.3 is 5.97 Å². The summed E-state index contributed by atoms with van der Waals surface area (Å²) >= 11 is 0. The first-order valence-electron chi connectivity index (χ1n) is 4.20. The third-order valence-electron chi connectivity index (χ3n) is 1.65. The summed E-state index contributed by atoms with van der Waals surface area (Å²) in [5.41, 5.74) is 0.0625. The van der Waals surface area contributed by atoms with E-state index in [1.165, 1.54) is 12.3 Å². The number of terminal acetylenes is 1. The fourth-order valence-corrected chi connectivity index (χ4v) is 0.947. The van der Waals surface area contributed by atoms with Crippen LogP contribution in [-0.2, 0) is 4.79 Å². The van der Waals surface area contributed by atoms with Gasteiger partial charge in [-0.1, -0.05) is 5.92 Å². The number of aromatic nitrogens is 1. The number of hydrogen-bond acceptors (Lipinski definition) is 4. The monoisotopic (exact) mass is 220 g/mol. The number of hydrogen-bond donors (Lipinski definition) is 3. The molecule has 0 aliphatic carbocycles. The van der Waals surface area contributed by atoms with Gasteiger partial charge in [0.2, 0.25) is 0 Å². The molecule has 0 aliphatic rings. The Morgan fingerprint density at radius 3 is 2.75 bits per heavy atom. The van der Waals surface area contributed by atoms with Crippen molar-refractivity contribution in [2.75, 3.05) is 6.54 Å². The van der Waals surface area contributed by atoms with Crippen molar-refractivity contribution in [2.45, 2.75) is 0 Å². The van der Waals surface area contributed by atoms with Crippen molar-refractivity contribution >= 4 is 11.9 Å². The van der Waals surface area contributed by atoms with Crippen LogP contribution in [0.4, 0.5) is 0 Å². The molecule has 6 heteroatoms. The second-order valence-electron chi connectivity index (χ2n) is 2.81. The normalized spacial score (nSPS) is 9.19. The van der Waals surface area contributed by atoms with Crippen LogP contribution in [0.5, 0.6) is 5.75 Å². The third-order valence-corrected chi connectivity index (χ3v) is 1.65. The zero-order valence-electron chi connectivity index (χ0n) is 8.10. The summed E-state index contributed by atoms with van der Waals surface area (Å²) in [7, 11) is 0. The van der Waals surface area contributed by atoms with Gasteiger partial charge in [-0.3, -0.25) is 9.59 Å². The Kier molecular flexibility index (Phi) is 3.45. The van der Waals surface area contributed by atoms with Crippen LogP contribution in [0.2, 0.25) is 0 Å². The summed E-state index contributed by atoms with van der Waals surface area (Å²) in [5, 5.41) is 19.8. The summed E-state index contributed by atoms with van der Waals surface area (Å²) < 4.78 is 0. The highest BCUT2D eigenvalue weighted by atomic mass is 16.4. The highest BCUT2D eigenvalue weighted by Crippen LogP contribution is 2.14. The first-order chi connectivity index (χ1) is 7.54. The summed E-state index contributed by atoms with van der Waals surface area (Å²) in [6.07, 6.45) is 6.30. The highest BCUT2D eigenvalue weighted by Gasteiger charge is 2.13. The molecular weight excluding hydrogens is 212 g/mol. The van der Waals surface area contributed by atoms with E-state index in [-0.39, 0.29) is 5.69 Å². The average Bonchev–Trinajstić information content (AvgIpc) is 2.25. The molecule has 3 N–H and O–H groups in total. The van der Waals surface area contributed by atoms with E-state index in [0.29, 0.717) is 5.56 Å². The minimum Gasteiger partial charge on any atom is -0.505 e. The second-order valence-corrected chi connectivity index (χ2v) is 2.81. The molecule has 0 unspecified atom stereocenters. The molecule has 1 amide bonds. The summed E-state index contributed by atoms with van der Waals surface area (Å²) in [6.45, 7) is -0.545. The maximum absolute atomic E-state index is 11.3. The minimum atomic E-state index is -1.19. The van der Waals surface area contributed by atoms with Crippen LogP contribution in [0, 0.1) is 12.3 Å². The molecule has 0 saturated carbocycles. The van der Waals surface area contributed by atoms with Crippen molar-refractivity contribution in [1.29, 1.82) is 0 Å². The fourth-order valence-electron chi connectivity index (χ4n) is 0.947. The van der Waals surface area contributed by atoms with E-state index < -0.39 is 24.2 Å². The lowest BCUT2D eigenvalue weighted by molar-refractivity contribution is -0.135. The van der Waals surface area contributed by atoms with Crippen LogP contribution in [0.25, 0.3) is 0 Å². The fraction of sp³-hybridized carbons (Fsp3) is 0.100. The Balaban J connectivity index is 2.85. The van der Waals surface area contributed by atoms with E-state index in [2.05, 4.69) is 16.2 Å². The number of nitrogens with zero attached hydrogens (tertiary/aromatic N) is 1. The van der Waals surface area contributed by atoms with Crippen LogP contribution < -0.4 is 5.32 Å². The molecule has 0 aromatic carbocycles. The Morgan fingerprint density at radius 2 is 2.25 bits per heavy atom. The van der Waals surface area contributed by atoms with E-state index in [0.717, 1.165) is 0 Å². The van der Waals surface area contributed by atoms with Crippen molar-refractivity contribution in [2.24, 2.45) is 0 Å². The topological polar surface area (TPSA) is 99.5 Å². The van der Waals surface area contributed by atoms with Gasteiger partial charge in [-0.25, -0.2) is 4.98 Å². The Hall–Kier alpha value is -2.55. The van der Waals surface area contributed by atoms with Gasteiger partial charge < -0.3 is 15.5 Å². The molecule has 0 fully saturated rings. The Labute approximate surface area is 90.9 Å². The van der Waals surface area contributed by atoms with Gasteiger partial charge in [0.25, 0.3) is 5.91 Å². The smallest absolute Gasteiger partial charge is 0.322 e. The number of rotatable bonds is 3. The zero-order chi connectivity index (χ0) is 12.1. The molecule has 82 valence electrons. The van der Waals surface area contributed by atoms with Gasteiger partial charge in [-0.05, 0) is 6.07 Å². The number of aromatic hydroxyl groups is 1. The second kappa shape index (κ2) is 4.79. The maximum atomic E-state index is 11.3. The van der Waals surface area contributed by atoms with Crippen LogP contribution >= 0.6 is 0 Å². The van der Waals surface area contributed by atoms with E-state index in [9.17, 15) is 14.7 Å². The molecule has 0 radical (unpaired) electrons. The minimum absolute atomic E-state index is 0.264. The largest absolute Gasteiger partial charge is 0.505 e. The molecule has 0 bridgehead atoms. The van der Waals surface area contributed by atoms with E-state index in [4.69, 9.17) is 11.5 Å². The van der Waals surface area contributed by atoms with E-state index >= 15 is 0 Å². The summed E-state index contributed by atoms with van der Waals surface area (Å²) in [6, 6.07) is 1.20. The average molecular weight is 220 g/mol. The van der Waals surface area contributed by atoms with Gasteiger partial charge in [0, 0.05) is 11.8 Å². The number of aliphatic carboxylic acids is 1. The van der Waals surface area contributed by atoms with Crippen LogP contribution in [0.15, 0.2) is 12.3 Å². The molecule has 1 rings (SSSR count). The third kappa shape index (κ3) is 2.72. The number of carboxylic acid groups (broad SMARTS) is 1. The molecule has 0 saturated heterocycles. The van der Waals surface area contributed by atoms with Crippen LogP contribution in [-0.4, -0.2) is 33.6 Å². The molecule has 0 atom stereocenters. The van der Waals surface area contributed by atoms with Crippen LogP contribution in [0.1, 0.15) is 16.1 Å². The maximum Gasteiger partial charge on any atom is 0.322 e. The van der Waals surface area contributed by atoms with E-state index in [1.807, 2.05) is 0 Å². The Bertz CT molecular complexity index is 476. The number of carbonyl (C=O) groups is 2. The van der Waals surface area contributed by atoms with E-state index in [1.54, 1.807) is 0 Å². The Morgan fingerprint density at radius 1 is 1.56 bits per heavy atom. The molecule has 16 heavy (non-hydrogen) atoms. The van der Waals surface area contributed by atoms with Crippen molar-refractivity contribution in [3.8, 4) is 18.1 Å². The van der Waals surface area contributed by atoms with Gasteiger partial charge in [0.1, 0.15) is 12.3 Å². The number of pyridine rings is 1.